The molecule has 1 unspecified atom stereocenters. The Morgan fingerprint density at radius 1 is 1.20 bits per heavy atom. The number of carbonyl (C=O) groups is 1. The smallest absolute Gasteiger partial charge is 0.339 e. The molecule has 0 aliphatic rings. The van der Waals surface area contributed by atoms with Gasteiger partial charge in [-0.05, 0) is 43.5 Å². The Morgan fingerprint density at radius 3 is 2.52 bits per heavy atom. The minimum atomic E-state index is -3.76. The lowest BCUT2D eigenvalue weighted by Gasteiger charge is -2.15. The van der Waals surface area contributed by atoms with Gasteiger partial charge in [0.15, 0.2) is 0 Å². The molecule has 0 saturated carbocycles. The number of esters is 1. The van der Waals surface area contributed by atoms with Crippen molar-refractivity contribution in [1.82, 2.24) is 4.72 Å². The van der Waals surface area contributed by atoms with Crippen LogP contribution >= 0.6 is 11.6 Å². The summed E-state index contributed by atoms with van der Waals surface area (Å²) in [6, 6.07) is 13.5. The molecule has 25 heavy (non-hydrogen) atoms. The van der Waals surface area contributed by atoms with Gasteiger partial charge in [0, 0.05) is 6.04 Å². The van der Waals surface area contributed by atoms with Crippen LogP contribution in [-0.4, -0.2) is 27.5 Å². The standard InChI is InChI=1S/C18H20ClNO4S/c1-13(8-9-14-6-4-3-5-7-14)20-25(22,23)15-10-11-17(19)16(12-15)18(21)24-2/h3-7,10-13,20H,8-9H2,1-2H3. The van der Waals surface area contributed by atoms with Gasteiger partial charge in [0.05, 0.1) is 22.6 Å². The van der Waals surface area contributed by atoms with Crippen LogP contribution in [0.15, 0.2) is 53.4 Å². The van der Waals surface area contributed by atoms with Crippen molar-refractivity contribution >= 4 is 27.6 Å². The number of rotatable bonds is 7. The van der Waals surface area contributed by atoms with E-state index in [9.17, 15) is 13.2 Å². The monoisotopic (exact) mass is 381 g/mol. The predicted octanol–water partition coefficient (Wildman–Crippen LogP) is 3.43. The summed E-state index contributed by atoms with van der Waals surface area (Å²) in [6.07, 6.45) is 1.42. The quantitative estimate of drug-likeness (QED) is 0.746. The van der Waals surface area contributed by atoms with Crippen LogP contribution in [0.25, 0.3) is 0 Å². The fourth-order valence-corrected chi connectivity index (χ4v) is 3.86. The molecule has 2 aromatic carbocycles. The Hall–Kier alpha value is -1.89. The molecule has 134 valence electrons. The normalized spacial score (nSPS) is 12.6. The van der Waals surface area contributed by atoms with Crippen LogP contribution in [0.4, 0.5) is 0 Å². The fraction of sp³-hybridized carbons (Fsp3) is 0.278. The molecule has 0 heterocycles. The van der Waals surface area contributed by atoms with E-state index in [0.717, 1.165) is 12.0 Å². The molecule has 2 aromatic rings. The average Bonchev–Trinajstić information content (AvgIpc) is 2.60. The second-order valence-corrected chi connectivity index (χ2v) is 7.80. The van der Waals surface area contributed by atoms with Crippen molar-refractivity contribution in [3.8, 4) is 0 Å². The molecular weight excluding hydrogens is 362 g/mol. The first-order valence-electron chi connectivity index (χ1n) is 7.77. The number of sulfonamides is 1. The van der Waals surface area contributed by atoms with Crippen LogP contribution in [0.5, 0.6) is 0 Å². The third-order valence-electron chi connectivity index (χ3n) is 3.72. The molecule has 0 bridgehead atoms. The first-order valence-corrected chi connectivity index (χ1v) is 9.63. The van der Waals surface area contributed by atoms with Crippen LogP contribution in [0.2, 0.25) is 5.02 Å². The molecule has 0 aromatic heterocycles. The molecule has 0 saturated heterocycles. The van der Waals surface area contributed by atoms with Gasteiger partial charge in [-0.15, -0.1) is 0 Å². The highest BCUT2D eigenvalue weighted by atomic mass is 35.5. The van der Waals surface area contributed by atoms with Crippen LogP contribution in [0.3, 0.4) is 0 Å². The van der Waals surface area contributed by atoms with Gasteiger partial charge in [-0.1, -0.05) is 41.9 Å². The highest BCUT2D eigenvalue weighted by Crippen LogP contribution is 2.21. The zero-order valence-electron chi connectivity index (χ0n) is 14.0. The number of halogens is 1. The van der Waals surface area contributed by atoms with Gasteiger partial charge in [0.2, 0.25) is 10.0 Å². The van der Waals surface area contributed by atoms with E-state index in [4.69, 9.17) is 11.6 Å². The lowest BCUT2D eigenvalue weighted by Crippen LogP contribution is -2.33. The Bertz CT molecular complexity index is 837. The van der Waals surface area contributed by atoms with Crippen LogP contribution in [0, 0.1) is 0 Å². The second-order valence-electron chi connectivity index (χ2n) is 5.68. The second kappa shape index (κ2) is 8.47. The molecule has 0 aliphatic heterocycles. The van der Waals surface area contributed by atoms with Crippen molar-refractivity contribution in [1.29, 1.82) is 0 Å². The average molecular weight is 382 g/mol. The lowest BCUT2D eigenvalue weighted by molar-refractivity contribution is 0.0600. The molecule has 0 spiro atoms. The van der Waals surface area contributed by atoms with E-state index < -0.39 is 16.0 Å². The third-order valence-corrected chi connectivity index (χ3v) is 5.64. The van der Waals surface area contributed by atoms with Gasteiger partial charge in [0.1, 0.15) is 0 Å². The number of nitrogens with one attached hydrogen (secondary N) is 1. The summed E-state index contributed by atoms with van der Waals surface area (Å²) in [4.78, 5) is 11.6. The van der Waals surface area contributed by atoms with Gasteiger partial charge in [-0.3, -0.25) is 0 Å². The summed E-state index contributed by atoms with van der Waals surface area (Å²) >= 11 is 5.93. The van der Waals surface area contributed by atoms with Crippen LogP contribution in [-0.2, 0) is 21.2 Å². The number of aryl methyl sites for hydroxylation is 1. The number of methoxy groups -OCH3 is 1. The summed E-state index contributed by atoms with van der Waals surface area (Å²) in [6.45, 7) is 1.80. The molecule has 0 fully saturated rings. The van der Waals surface area contributed by atoms with E-state index in [0.29, 0.717) is 6.42 Å². The third kappa shape index (κ3) is 5.29. The summed E-state index contributed by atoms with van der Waals surface area (Å²) < 4.78 is 32.3. The van der Waals surface area contributed by atoms with Crippen molar-refractivity contribution in [2.24, 2.45) is 0 Å². The maximum absolute atomic E-state index is 12.5. The number of benzene rings is 2. The molecule has 1 atom stereocenters. The molecule has 0 aliphatic carbocycles. The van der Waals surface area contributed by atoms with Crippen molar-refractivity contribution < 1.29 is 17.9 Å². The van der Waals surface area contributed by atoms with E-state index in [1.807, 2.05) is 30.3 Å². The van der Waals surface area contributed by atoms with Gasteiger partial charge in [-0.25, -0.2) is 17.9 Å². The number of ether oxygens (including phenoxy) is 1. The first kappa shape index (κ1) is 19.4. The molecular formula is C18H20ClNO4S. The van der Waals surface area contributed by atoms with Gasteiger partial charge in [0.25, 0.3) is 0 Å². The number of hydrogen-bond acceptors (Lipinski definition) is 4. The zero-order valence-corrected chi connectivity index (χ0v) is 15.6. The van der Waals surface area contributed by atoms with Gasteiger partial charge in [-0.2, -0.15) is 0 Å². The van der Waals surface area contributed by atoms with Crippen molar-refractivity contribution in [3.63, 3.8) is 0 Å². The van der Waals surface area contributed by atoms with Gasteiger partial charge >= 0.3 is 5.97 Å². The van der Waals surface area contributed by atoms with E-state index in [2.05, 4.69) is 9.46 Å². The maximum atomic E-state index is 12.5. The lowest BCUT2D eigenvalue weighted by atomic mass is 10.1. The van der Waals surface area contributed by atoms with E-state index >= 15 is 0 Å². The van der Waals surface area contributed by atoms with Gasteiger partial charge < -0.3 is 4.74 Å². The molecule has 0 radical (unpaired) electrons. The Balaban J connectivity index is 2.09. The molecule has 5 nitrogen and oxygen atoms in total. The minimum Gasteiger partial charge on any atom is -0.465 e. The Morgan fingerprint density at radius 2 is 1.88 bits per heavy atom. The SMILES string of the molecule is COC(=O)c1cc(S(=O)(=O)NC(C)CCc2ccccc2)ccc1Cl. The van der Waals surface area contributed by atoms with Crippen LogP contribution in [0.1, 0.15) is 29.3 Å². The van der Waals surface area contributed by atoms with Crippen molar-refractivity contribution in [3.05, 3.63) is 64.7 Å². The van der Waals surface area contributed by atoms with Crippen LogP contribution < -0.4 is 4.72 Å². The Kier molecular flexibility index (Phi) is 6.58. The molecule has 0 amide bonds. The highest BCUT2D eigenvalue weighted by molar-refractivity contribution is 7.89. The minimum absolute atomic E-state index is 0.0176. The first-order chi connectivity index (χ1) is 11.8. The number of carbonyl (C=O) groups excluding carboxylic acids is 1. The molecule has 1 N–H and O–H groups in total. The largest absolute Gasteiger partial charge is 0.465 e. The summed E-state index contributed by atoms with van der Waals surface area (Å²) in [5.41, 5.74) is 1.16. The number of hydrogen-bond donors (Lipinski definition) is 1. The zero-order chi connectivity index (χ0) is 18.4. The summed E-state index contributed by atoms with van der Waals surface area (Å²) in [5, 5.41) is 0.142. The van der Waals surface area contributed by atoms with E-state index in [-0.39, 0.29) is 21.5 Å². The van der Waals surface area contributed by atoms with Crippen molar-refractivity contribution in [2.75, 3.05) is 7.11 Å². The van der Waals surface area contributed by atoms with E-state index in [1.165, 1.54) is 25.3 Å². The molecule has 7 heteroatoms. The summed E-state index contributed by atoms with van der Waals surface area (Å²) in [7, 11) is -2.55. The topological polar surface area (TPSA) is 72.5 Å². The fourth-order valence-electron chi connectivity index (χ4n) is 2.36. The maximum Gasteiger partial charge on any atom is 0.339 e. The highest BCUT2D eigenvalue weighted by Gasteiger charge is 2.21. The predicted molar refractivity (Wildman–Crippen MR) is 97.3 cm³/mol. The molecule has 2 rings (SSSR count). The Labute approximate surface area is 153 Å². The van der Waals surface area contributed by atoms with Crippen molar-refractivity contribution in [2.45, 2.75) is 30.7 Å². The van der Waals surface area contributed by atoms with E-state index in [1.54, 1.807) is 6.92 Å². The summed E-state index contributed by atoms with van der Waals surface area (Å²) in [5.74, 6) is -0.681.